The van der Waals surface area contributed by atoms with Crippen LogP contribution in [-0.4, -0.2) is 9.97 Å². The molecule has 0 saturated heterocycles. The second-order valence-electron chi connectivity index (χ2n) is 3.44. The Morgan fingerprint density at radius 2 is 1.82 bits per heavy atom. The minimum Gasteiger partial charge on any atom is -0.397 e. The number of hydrogen-bond acceptors (Lipinski definition) is 3. The van der Waals surface area contributed by atoms with E-state index >= 15 is 0 Å². The summed E-state index contributed by atoms with van der Waals surface area (Å²) in [5.74, 6) is 0. The molecule has 17 heavy (non-hydrogen) atoms. The lowest BCUT2D eigenvalue weighted by Crippen LogP contribution is -2.05. The second kappa shape index (κ2) is 4.04. The molecule has 0 aliphatic carbocycles. The summed E-state index contributed by atoms with van der Waals surface area (Å²) in [6, 6.07) is 3.87. The molecule has 0 bridgehead atoms. The number of hydrogen-bond donors (Lipinski definition) is 1. The molecule has 2 aromatic rings. The minimum atomic E-state index is -4.38. The van der Waals surface area contributed by atoms with Gasteiger partial charge in [0.25, 0.3) is 0 Å². The Bertz CT molecular complexity index is 520. The van der Waals surface area contributed by atoms with E-state index < -0.39 is 11.7 Å². The molecule has 0 aliphatic rings. The van der Waals surface area contributed by atoms with E-state index in [0.29, 0.717) is 16.9 Å². The van der Waals surface area contributed by atoms with Gasteiger partial charge in [-0.25, -0.2) is 0 Å². The number of pyridine rings is 2. The summed E-state index contributed by atoms with van der Waals surface area (Å²) in [4.78, 5) is 7.59. The molecule has 0 amide bonds. The number of nitrogens with zero attached hydrogens (tertiary/aromatic N) is 2. The highest BCUT2D eigenvalue weighted by molar-refractivity contribution is 5.62. The van der Waals surface area contributed by atoms with Crippen LogP contribution < -0.4 is 5.73 Å². The molecular formula is C11H8F3N3. The molecule has 0 spiro atoms. The molecule has 2 rings (SSSR count). The van der Waals surface area contributed by atoms with Crippen LogP contribution in [0.15, 0.2) is 36.8 Å². The van der Waals surface area contributed by atoms with E-state index in [-0.39, 0.29) is 0 Å². The van der Waals surface area contributed by atoms with Crippen LogP contribution in [0, 0.1) is 0 Å². The second-order valence-corrected chi connectivity index (χ2v) is 3.44. The van der Waals surface area contributed by atoms with E-state index in [1.54, 1.807) is 6.07 Å². The highest BCUT2D eigenvalue weighted by atomic mass is 19.4. The van der Waals surface area contributed by atoms with Crippen LogP contribution in [-0.2, 0) is 6.18 Å². The van der Waals surface area contributed by atoms with Crippen LogP contribution in [0.5, 0.6) is 0 Å². The molecule has 0 atom stereocenters. The number of rotatable bonds is 1. The van der Waals surface area contributed by atoms with Crippen molar-refractivity contribution in [3.63, 3.8) is 0 Å². The third-order valence-electron chi connectivity index (χ3n) is 2.15. The summed E-state index contributed by atoms with van der Waals surface area (Å²) in [7, 11) is 0. The Labute approximate surface area is 95.1 Å². The first-order valence-electron chi connectivity index (χ1n) is 4.71. The van der Waals surface area contributed by atoms with Gasteiger partial charge in [0, 0.05) is 24.2 Å². The largest absolute Gasteiger partial charge is 0.417 e. The fraction of sp³-hybridized carbons (Fsp3) is 0.0909. The molecule has 0 aliphatic heterocycles. The van der Waals surface area contributed by atoms with Gasteiger partial charge in [-0.15, -0.1) is 0 Å². The van der Waals surface area contributed by atoms with Gasteiger partial charge in [0.15, 0.2) is 0 Å². The van der Waals surface area contributed by atoms with Gasteiger partial charge in [-0.3, -0.25) is 9.97 Å². The fourth-order valence-corrected chi connectivity index (χ4v) is 1.33. The number of nitrogens with two attached hydrogens (primary N) is 1. The first kappa shape index (κ1) is 11.4. The lowest BCUT2D eigenvalue weighted by molar-refractivity contribution is -0.137. The Hall–Kier alpha value is -2.11. The number of anilines is 1. The van der Waals surface area contributed by atoms with Gasteiger partial charge >= 0.3 is 6.18 Å². The monoisotopic (exact) mass is 239 g/mol. The molecule has 6 heteroatoms. The summed E-state index contributed by atoms with van der Waals surface area (Å²) < 4.78 is 36.9. The normalized spacial score (nSPS) is 11.5. The molecular weight excluding hydrogens is 231 g/mol. The van der Waals surface area contributed by atoms with Crippen molar-refractivity contribution in [3.8, 4) is 11.3 Å². The Morgan fingerprint density at radius 3 is 2.35 bits per heavy atom. The van der Waals surface area contributed by atoms with E-state index in [2.05, 4.69) is 9.97 Å². The average Bonchev–Trinajstić information content (AvgIpc) is 2.28. The third-order valence-corrected chi connectivity index (χ3v) is 2.15. The molecule has 88 valence electrons. The molecule has 0 fully saturated rings. The first-order chi connectivity index (χ1) is 7.97. The van der Waals surface area contributed by atoms with E-state index in [1.165, 1.54) is 18.5 Å². The minimum absolute atomic E-state index is 0.401. The standard InChI is InChI=1S/C11H8F3N3/c12-11(13,14)8-1-2-10(17-5-8)7-3-9(15)6-16-4-7/h1-6H,15H2. The van der Waals surface area contributed by atoms with Crippen molar-refractivity contribution < 1.29 is 13.2 Å². The summed E-state index contributed by atoms with van der Waals surface area (Å²) in [5.41, 5.74) is 6.16. The molecule has 0 radical (unpaired) electrons. The number of aromatic nitrogens is 2. The highest BCUT2D eigenvalue weighted by Crippen LogP contribution is 2.29. The summed E-state index contributed by atoms with van der Waals surface area (Å²) >= 11 is 0. The molecule has 2 N–H and O–H groups in total. The zero-order valence-corrected chi connectivity index (χ0v) is 8.57. The molecule has 2 heterocycles. The van der Waals surface area contributed by atoms with Gasteiger partial charge in [0.2, 0.25) is 0 Å². The highest BCUT2D eigenvalue weighted by Gasteiger charge is 2.30. The van der Waals surface area contributed by atoms with Gasteiger partial charge < -0.3 is 5.73 Å². The Balaban J connectivity index is 2.36. The lowest BCUT2D eigenvalue weighted by Gasteiger charge is -2.07. The van der Waals surface area contributed by atoms with Crippen molar-refractivity contribution in [2.45, 2.75) is 6.18 Å². The van der Waals surface area contributed by atoms with Gasteiger partial charge in [0.1, 0.15) is 0 Å². The maximum Gasteiger partial charge on any atom is 0.417 e. The van der Waals surface area contributed by atoms with Gasteiger partial charge in [-0.05, 0) is 18.2 Å². The maximum atomic E-state index is 12.3. The molecule has 3 nitrogen and oxygen atoms in total. The SMILES string of the molecule is Nc1cncc(-c2ccc(C(F)(F)F)cn2)c1. The maximum absolute atomic E-state index is 12.3. The number of alkyl halides is 3. The predicted molar refractivity (Wildman–Crippen MR) is 56.9 cm³/mol. The van der Waals surface area contributed by atoms with Crippen molar-refractivity contribution in [1.82, 2.24) is 9.97 Å². The topological polar surface area (TPSA) is 51.8 Å². The molecule has 0 saturated carbocycles. The summed E-state index contributed by atoms with van der Waals surface area (Å²) in [5, 5.41) is 0. The predicted octanol–water partition coefficient (Wildman–Crippen LogP) is 2.74. The van der Waals surface area contributed by atoms with Crippen LogP contribution in [0.25, 0.3) is 11.3 Å². The first-order valence-corrected chi connectivity index (χ1v) is 4.71. The van der Waals surface area contributed by atoms with Gasteiger partial charge in [-0.2, -0.15) is 13.2 Å². The molecule has 2 aromatic heterocycles. The lowest BCUT2D eigenvalue weighted by atomic mass is 10.1. The van der Waals surface area contributed by atoms with E-state index in [1.807, 2.05) is 0 Å². The van der Waals surface area contributed by atoms with E-state index in [4.69, 9.17) is 5.73 Å². The van der Waals surface area contributed by atoms with Crippen molar-refractivity contribution in [1.29, 1.82) is 0 Å². The smallest absolute Gasteiger partial charge is 0.397 e. The van der Waals surface area contributed by atoms with Crippen LogP contribution in [0.2, 0.25) is 0 Å². The average molecular weight is 239 g/mol. The van der Waals surface area contributed by atoms with Crippen LogP contribution in [0.1, 0.15) is 5.56 Å². The summed E-state index contributed by atoms with van der Waals surface area (Å²) in [6.07, 6.45) is -0.641. The van der Waals surface area contributed by atoms with Crippen molar-refractivity contribution in [2.75, 3.05) is 5.73 Å². The van der Waals surface area contributed by atoms with E-state index in [9.17, 15) is 13.2 Å². The molecule has 0 aromatic carbocycles. The van der Waals surface area contributed by atoms with Crippen molar-refractivity contribution >= 4 is 5.69 Å². The van der Waals surface area contributed by atoms with Crippen molar-refractivity contribution in [2.24, 2.45) is 0 Å². The van der Waals surface area contributed by atoms with Crippen molar-refractivity contribution in [3.05, 3.63) is 42.4 Å². The van der Waals surface area contributed by atoms with Gasteiger partial charge in [0.05, 0.1) is 16.9 Å². The fourth-order valence-electron chi connectivity index (χ4n) is 1.33. The number of nitrogen functional groups attached to an aromatic ring is 1. The van der Waals surface area contributed by atoms with Gasteiger partial charge in [-0.1, -0.05) is 0 Å². The van der Waals surface area contributed by atoms with Crippen LogP contribution in [0.4, 0.5) is 18.9 Å². The molecule has 0 unspecified atom stereocenters. The quantitative estimate of drug-likeness (QED) is 0.832. The summed E-state index contributed by atoms with van der Waals surface area (Å²) in [6.45, 7) is 0. The van der Waals surface area contributed by atoms with Crippen LogP contribution >= 0.6 is 0 Å². The third kappa shape index (κ3) is 2.52. The number of halogens is 3. The Kier molecular flexibility index (Phi) is 2.71. The Morgan fingerprint density at radius 1 is 1.06 bits per heavy atom. The van der Waals surface area contributed by atoms with Crippen LogP contribution in [0.3, 0.4) is 0 Å². The zero-order chi connectivity index (χ0) is 12.5. The van der Waals surface area contributed by atoms with E-state index in [0.717, 1.165) is 12.3 Å². The zero-order valence-electron chi connectivity index (χ0n) is 8.57.